The second kappa shape index (κ2) is 9.06. The monoisotopic (exact) mass is 524 g/mol. The number of hydrogen-bond donors (Lipinski definition) is 7. The van der Waals surface area contributed by atoms with Gasteiger partial charge >= 0.3 is 29.2 Å². The molecule has 0 saturated carbocycles. The number of aromatic nitrogens is 2. The number of ether oxygens (including phenoxy) is 1. The minimum atomic E-state index is -5.76. The summed E-state index contributed by atoms with van der Waals surface area (Å²) in [5, 5.41) is 20.8. The maximum Gasteiger partial charge on any atom is 0.490 e. The minimum Gasteiger partial charge on any atom is -0.386 e. The molecule has 0 amide bonds. The van der Waals surface area contributed by atoms with Crippen LogP contribution in [0, 0.1) is 17.0 Å². The SMILES string of the molecule is C#CC1(O)[C@@H](O)[C@@H](COP(=O)(O)OP(=O)(O)OP(=O)(O)O)O[C@H]1n1ccc(=S)[nH]c1=O. The van der Waals surface area contributed by atoms with Crippen LogP contribution in [-0.4, -0.2) is 63.8 Å². The average molecular weight is 524 g/mol. The van der Waals surface area contributed by atoms with E-state index >= 15 is 0 Å². The number of terminal acetylenes is 1. The lowest BCUT2D eigenvalue weighted by Crippen LogP contribution is -2.47. The predicted molar refractivity (Wildman–Crippen MR) is 99.4 cm³/mol. The lowest BCUT2D eigenvalue weighted by atomic mass is 9.95. The van der Waals surface area contributed by atoms with Gasteiger partial charge in [-0.1, -0.05) is 18.1 Å². The molecule has 1 aromatic rings. The van der Waals surface area contributed by atoms with Crippen molar-refractivity contribution in [2.45, 2.75) is 24.0 Å². The zero-order chi connectivity index (χ0) is 23.8. The normalized spacial score (nSPS) is 30.3. The highest BCUT2D eigenvalue weighted by molar-refractivity contribution is 7.71. The fourth-order valence-electron chi connectivity index (χ4n) is 2.42. The van der Waals surface area contributed by atoms with Gasteiger partial charge in [-0.15, -0.1) is 6.42 Å². The summed E-state index contributed by atoms with van der Waals surface area (Å²) in [6.45, 7) is -1.11. The van der Waals surface area contributed by atoms with Crippen LogP contribution in [0.2, 0.25) is 0 Å². The Morgan fingerprint density at radius 1 is 1.26 bits per heavy atom. The van der Waals surface area contributed by atoms with Crippen molar-refractivity contribution in [1.29, 1.82) is 0 Å². The molecule has 1 fully saturated rings. The van der Waals surface area contributed by atoms with Crippen LogP contribution >= 0.6 is 35.7 Å². The molecule has 174 valence electrons. The topological polar surface area (TPSA) is 247 Å². The molecule has 0 bridgehead atoms. The molecule has 0 aliphatic carbocycles. The Bertz CT molecular complexity index is 1140. The molecule has 1 aliphatic heterocycles. The van der Waals surface area contributed by atoms with Crippen LogP contribution in [0.4, 0.5) is 0 Å². The second-order valence-electron chi connectivity index (χ2n) is 5.85. The standard InChI is InChI=1S/C11H15N2O14P3S/c1-2-11(16)8(14)6(25-9(11)13-4-3-7(31)12-10(13)15)5-24-29(20,21)27-30(22,23)26-28(17,18)19/h1,3-4,6,8-9,14,16H,5H2,(H,20,21)(H,22,23)(H,12,15,31)(H2,17,18,19)/t6-,8+,9-,11?/m1/s1. The summed E-state index contributed by atoms with van der Waals surface area (Å²) in [6, 6.07) is 1.24. The molecule has 6 atom stereocenters. The van der Waals surface area contributed by atoms with E-state index < -0.39 is 59.8 Å². The molecule has 2 rings (SSSR count). The Labute approximate surface area is 177 Å². The van der Waals surface area contributed by atoms with Crippen molar-refractivity contribution < 1.29 is 61.4 Å². The smallest absolute Gasteiger partial charge is 0.386 e. The Morgan fingerprint density at radius 2 is 1.87 bits per heavy atom. The highest BCUT2D eigenvalue weighted by Crippen LogP contribution is 2.66. The summed E-state index contributed by atoms with van der Waals surface area (Å²) in [6.07, 6.45) is 0.906. The van der Waals surface area contributed by atoms with Crippen molar-refractivity contribution in [3.63, 3.8) is 0 Å². The van der Waals surface area contributed by atoms with Crippen LogP contribution in [0.25, 0.3) is 0 Å². The number of aromatic amines is 1. The van der Waals surface area contributed by atoms with Crippen LogP contribution in [0.1, 0.15) is 6.23 Å². The van der Waals surface area contributed by atoms with Gasteiger partial charge in [-0.05, 0) is 6.07 Å². The van der Waals surface area contributed by atoms with Crippen LogP contribution in [0.5, 0.6) is 0 Å². The van der Waals surface area contributed by atoms with Crippen molar-refractivity contribution >= 4 is 35.7 Å². The highest BCUT2D eigenvalue weighted by atomic mass is 32.1. The Hall–Kier alpha value is -1.05. The summed E-state index contributed by atoms with van der Waals surface area (Å²) in [7, 11) is -16.9. The summed E-state index contributed by atoms with van der Waals surface area (Å²) in [5.41, 5.74) is -3.42. The van der Waals surface area contributed by atoms with Crippen LogP contribution in [0.3, 0.4) is 0 Å². The second-order valence-corrected chi connectivity index (χ2v) is 10.7. The van der Waals surface area contributed by atoms with E-state index in [4.69, 9.17) is 38.1 Å². The Morgan fingerprint density at radius 3 is 2.39 bits per heavy atom. The van der Waals surface area contributed by atoms with E-state index in [2.05, 4.69) is 18.1 Å². The number of phosphoric ester groups is 1. The lowest BCUT2D eigenvalue weighted by molar-refractivity contribution is -0.0760. The molecule has 0 radical (unpaired) electrons. The van der Waals surface area contributed by atoms with E-state index in [0.29, 0.717) is 0 Å². The first kappa shape index (κ1) is 26.2. The van der Waals surface area contributed by atoms with Crippen molar-refractivity contribution in [3.8, 4) is 12.3 Å². The first-order valence-electron chi connectivity index (χ1n) is 7.63. The molecule has 0 spiro atoms. The van der Waals surface area contributed by atoms with E-state index in [1.807, 2.05) is 5.92 Å². The summed E-state index contributed by atoms with van der Waals surface area (Å²) < 4.78 is 51.2. The molecule has 31 heavy (non-hydrogen) atoms. The van der Waals surface area contributed by atoms with Crippen molar-refractivity contribution in [1.82, 2.24) is 9.55 Å². The zero-order valence-electron chi connectivity index (χ0n) is 14.8. The molecular weight excluding hydrogens is 509 g/mol. The van der Waals surface area contributed by atoms with Gasteiger partial charge in [-0.25, -0.2) is 18.5 Å². The van der Waals surface area contributed by atoms with Crippen molar-refractivity contribution in [2.75, 3.05) is 6.61 Å². The van der Waals surface area contributed by atoms with Gasteiger partial charge in [0.05, 0.1) is 6.61 Å². The molecule has 0 aromatic carbocycles. The van der Waals surface area contributed by atoms with Gasteiger partial charge in [0.1, 0.15) is 16.8 Å². The third-order valence-electron chi connectivity index (χ3n) is 3.64. The third kappa shape index (κ3) is 6.48. The van der Waals surface area contributed by atoms with Crippen molar-refractivity contribution in [2.24, 2.45) is 0 Å². The molecule has 1 aromatic heterocycles. The average Bonchev–Trinajstić information content (AvgIpc) is 2.82. The zero-order valence-corrected chi connectivity index (χ0v) is 18.3. The lowest BCUT2D eigenvalue weighted by Gasteiger charge is -2.26. The van der Waals surface area contributed by atoms with Crippen LogP contribution < -0.4 is 5.69 Å². The van der Waals surface area contributed by atoms with Gasteiger partial charge < -0.3 is 34.5 Å². The molecule has 2 heterocycles. The molecule has 1 aliphatic rings. The van der Waals surface area contributed by atoms with Crippen LogP contribution in [-0.2, 0) is 31.6 Å². The van der Waals surface area contributed by atoms with Crippen molar-refractivity contribution in [3.05, 3.63) is 27.4 Å². The van der Waals surface area contributed by atoms with Gasteiger partial charge in [0.15, 0.2) is 11.8 Å². The number of aliphatic hydroxyl groups is 2. The van der Waals surface area contributed by atoms with E-state index in [9.17, 15) is 33.6 Å². The molecular formula is C11H15N2O14P3S. The minimum absolute atomic E-state index is 0.0354. The van der Waals surface area contributed by atoms with E-state index in [0.717, 1.165) is 10.8 Å². The first-order chi connectivity index (χ1) is 14.0. The van der Waals surface area contributed by atoms with Gasteiger partial charge in [-0.3, -0.25) is 14.1 Å². The fourth-order valence-corrected chi connectivity index (χ4v) is 5.60. The maximum absolute atomic E-state index is 12.1. The maximum atomic E-state index is 12.1. The quantitative estimate of drug-likeness (QED) is 0.121. The summed E-state index contributed by atoms with van der Waals surface area (Å²) in [4.78, 5) is 49.8. The number of phosphoric acid groups is 3. The number of H-pyrrole nitrogens is 1. The first-order valence-corrected chi connectivity index (χ1v) is 12.6. The Kier molecular flexibility index (Phi) is 7.66. The number of hydrogen-bond acceptors (Lipinski definition) is 11. The third-order valence-corrected chi connectivity index (χ3v) is 7.68. The summed E-state index contributed by atoms with van der Waals surface area (Å²) >= 11 is 4.77. The van der Waals surface area contributed by atoms with Gasteiger partial charge in [0.25, 0.3) is 0 Å². The number of nitrogens with zero attached hydrogens (tertiary/aromatic N) is 1. The Balaban J connectivity index is 2.19. The molecule has 20 heteroatoms. The van der Waals surface area contributed by atoms with E-state index in [1.54, 1.807) is 0 Å². The molecule has 1 saturated heterocycles. The van der Waals surface area contributed by atoms with E-state index in [1.165, 1.54) is 6.07 Å². The van der Waals surface area contributed by atoms with Gasteiger partial charge in [0.2, 0.25) is 0 Å². The van der Waals surface area contributed by atoms with Gasteiger partial charge in [-0.2, -0.15) is 8.62 Å². The number of nitrogens with one attached hydrogen (secondary N) is 1. The predicted octanol–water partition coefficient (Wildman–Crippen LogP) is -1.13. The number of aliphatic hydroxyl groups excluding tert-OH is 1. The summed E-state index contributed by atoms with van der Waals surface area (Å²) in [5.74, 6) is 1.84. The molecule has 3 unspecified atom stereocenters. The van der Waals surface area contributed by atoms with Crippen LogP contribution in [0.15, 0.2) is 17.1 Å². The number of rotatable bonds is 8. The van der Waals surface area contributed by atoms with E-state index in [-0.39, 0.29) is 4.64 Å². The highest BCUT2D eigenvalue weighted by Gasteiger charge is 2.56. The molecule has 16 nitrogen and oxygen atoms in total. The van der Waals surface area contributed by atoms with Gasteiger partial charge in [0, 0.05) is 6.20 Å². The fraction of sp³-hybridized carbons (Fsp3) is 0.455. The molecule has 7 N–H and O–H groups in total. The largest absolute Gasteiger partial charge is 0.490 e.